The van der Waals surface area contributed by atoms with E-state index in [2.05, 4.69) is 9.31 Å². The van der Waals surface area contributed by atoms with Crippen molar-refractivity contribution in [1.82, 2.24) is 0 Å². The van der Waals surface area contributed by atoms with Gasteiger partial charge in [-0.3, -0.25) is 0 Å². The van der Waals surface area contributed by atoms with Gasteiger partial charge in [-0.1, -0.05) is 0 Å². The van der Waals surface area contributed by atoms with Crippen molar-refractivity contribution in [2.45, 2.75) is 0 Å². The van der Waals surface area contributed by atoms with Crippen LogP contribution in [0.3, 0.4) is 0 Å². The van der Waals surface area contributed by atoms with Gasteiger partial charge in [-0.25, -0.2) is 83.4 Å². The molecule has 0 amide bonds. The Morgan fingerprint density at radius 2 is 0.483 bits per heavy atom. The monoisotopic (exact) mass is 852 g/mol. The lowest BCUT2D eigenvalue weighted by molar-refractivity contribution is 0.373. The predicted octanol–water partition coefficient (Wildman–Crippen LogP) is 11.1. The van der Waals surface area contributed by atoms with E-state index < -0.39 is 189 Å². The Balaban J connectivity index is 1.62. The summed E-state index contributed by atoms with van der Waals surface area (Å²) in [7, 11) is -3.93. The topological polar surface area (TPSA) is 18.5 Å². The minimum atomic E-state index is -3.93. The van der Waals surface area contributed by atoms with Gasteiger partial charge in [0.25, 0.3) is 0 Å². The zero-order valence-corrected chi connectivity index (χ0v) is 26.5. The number of benzene rings is 7. The summed E-state index contributed by atoms with van der Waals surface area (Å²) in [4.78, 5) is 0. The second-order valence-corrected chi connectivity index (χ2v) is 11.6. The van der Waals surface area contributed by atoms with E-state index >= 15 is 43.9 Å². The first-order chi connectivity index (χ1) is 27.1. The van der Waals surface area contributed by atoms with Gasteiger partial charge in [0, 0.05) is 0 Å². The van der Waals surface area contributed by atoms with Gasteiger partial charge in [0.15, 0.2) is 92.9 Å². The molecule has 0 heterocycles. The Morgan fingerprint density at radius 1 is 0.241 bits per heavy atom. The summed E-state index contributed by atoms with van der Waals surface area (Å²) in [5.74, 6) is -64.5. The van der Waals surface area contributed by atoms with Crippen LogP contribution in [0.5, 0.6) is 11.5 Å². The molecule has 58 heavy (non-hydrogen) atoms. The third-order valence-corrected chi connectivity index (χ3v) is 8.62. The molecule has 0 aromatic heterocycles. The molecule has 0 N–H and O–H groups in total. The predicted molar refractivity (Wildman–Crippen MR) is 155 cm³/mol. The van der Waals surface area contributed by atoms with Crippen molar-refractivity contribution in [2.24, 2.45) is 0 Å². The van der Waals surface area contributed by atoms with Gasteiger partial charge in [-0.15, -0.1) is 0 Å². The highest BCUT2D eigenvalue weighted by Gasteiger charge is 2.42. The van der Waals surface area contributed by atoms with Crippen LogP contribution in [0.4, 0.5) is 92.2 Å². The van der Waals surface area contributed by atoms with E-state index in [4.69, 9.17) is 0 Å². The fourth-order valence-electron chi connectivity index (χ4n) is 6.03. The second-order valence-electron chi connectivity index (χ2n) is 11.6. The summed E-state index contributed by atoms with van der Waals surface area (Å²) < 4.78 is 324. The molecule has 300 valence electrons. The molecule has 0 aliphatic rings. The van der Waals surface area contributed by atoms with E-state index in [1.54, 1.807) is 0 Å². The zero-order chi connectivity index (χ0) is 42.9. The molecule has 0 saturated heterocycles. The summed E-state index contributed by atoms with van der Waals surface area (Å²) in [5.41, 5.74) is -2.30. The maximum atomic E-state index is 16.0. The Hall–Kier alpha value is -6.23. The van der Waals surface area contributed by atoms with E-state index in [0.29, 0.717) is 0 Å². The highest BCUT2D eigenvalue weighted by molar-refractivity contribution is 6.63. The van der Waals surface area contributed by atoms with Crippen molar-refractivity contribution in [3.63, 3.8) is 0 Å². The lowest BCUT2D eigenvalue weighted by Gasteiger charge is -2.23. The highest BCUT2D eigenvalue weighted by Crippen LogP contribution is 2.46. The molecule has 0 spiro atoms. The maximum absolute atomic E-state index is 16.0. The highest BCUT2D eigenvalue weighted by atomic mass is 19.2. The van der Waals surface area contributed by atoms with E-state index in [1.165, 1.54) is 0 Å². The van der Waals surface area contributed by atoms with Gasteiger partial charge in [-0.05, 0) is 12.1 Å². The molecule has 0 unspecified atom stereocenters. The number of hydrogen-bond donors (Lipinski definition) is 0. The number of hydrogen-bond acceptors (Lipinski definition) is 2. The summed E-state index contributed by atoms with van der Waals surface area (Å²) in [6, 6.07) is -0.177. The minimum Gasteiger partial charge on any atom is -0.519 e. The van der Waals surface area contributed by atoms with Crippen molar-refractivity contribution < 1.29 is 102 Å². The van der Waals surface area contributed by atoms with Gasteiger partial charge in [-0.2, -0.15) is 8.78 Å². The Morgan fingerprint density at radius 3 is 0.793 bits per heavy atom. The summed E-state index contributed by atoms with van der Waals surface area (Å²) in [6.07, 6.45) is 0. The van der Waals surface area contributed by atoms with E-state index in [1.807, 2.05) is 0 Å². The molecular weight excluding hydrogens is 850 g/mol. The van der Waals surface area contributed by atoms with Gasteiger partial charge >= 0.3 is 7.12 Å². The molecule has 0 atom stereocenters. The number of fused-ring (bicyclic) bond motifs is 4. The van der Waals surface area contributed by atoms with Crippen molar-refractivity contribution in [3.05, 3.63) is 134 Å². The molecule has 7 aromatic carbocycles. The van der Waals surface area contributed by atoms with Crippen molar-refractivity contribution in [1.29, 1.82) is 0 Å². The minimum absolute atomic E-state index is 0.0648. The van der Waals surface area contributed by atoms with Crippen LogP contribution in [0.2, 0.25) is 0 Å². The zero-order valence-electron chi connectivity index (χ0n) is 26.5. The van der Waals surface area contributed by atoms with Gasteiger partial charge in [0.2, 0.25) is 11.6 Å². The molecule has 0 aliphatic heterocycles. The first-order valence-corrected chi connectivity index (χ1v) is 14.8. The summed E-state index contributed by atoms with van der Waals surface area (Å²) >= 11 is 0. The van der Waals surface area contributed by atoms with Gasteiger partial charge in [0.05, 0.1) is 48.6 Å². The van der Waals surface area contributed by atoms with Crippen LogP contribution in [-0.2, 0) is 0 Å². The molecule has 0 saturated carbocycles. The average Bonchev–Trinajstić information content (AvgIpc) is 3.18. The molecule has 0 fully saturated rings. The fourth-order valence-corrected chi connectivity index (χ4v) is 6.03. The van der Waals surface area contributed by atoms with Crippen LogP contribution >= 0.6 is 0 Å². The largest absolute Gasteiger partial charge is 0.639 e. The average molecular weight is 852 g/mol. The number of rotatable bonds is 5. The van der Waals surface area contributed by atoms with Crippen LogP contribution < -0.4 is 14.8 Å². The summed E-state index contributed by atoms with van der Waals surface area (Å²) in [6.45, 7) is 0. The lowest BCUT2D eigenvalue weighted by Crippen LogP contribution is -2.47. The van der Waals surface area contributed by atoms with Crippen LogP contribution in [0.15, 0.2) is 12.1 Å². The van der Waals surface area contributed by atoms with Crippen LogP contribution in [0, 0.1) is 122 Å². The molecule has 24 heteroatoms. The molecular formula is C34H2BF21O2. The standard InChI is InChI=1S/C34H2BF21O2/c36-3-1-2-4(37)14(38)13(3)35(57-33-11-9(23(47)29(53)31(33)55)15(39)5-7(17(11)41)21(45)27(51)25(49)19(5)43)58-34-12-10(24(48)30(54)32(34)56)16(40)6-8(18(12)42)22(46)28(52)26(50)20(6)44/h1-2H. The van der Waals surface area contributed by atoms with Gasteiger partial charge < -0.3 is 9.31 Å². The first-order valence-electron chi connectivity index (χ1n) is 14.8. The third kappa shape index (κ3) is 5.21. The van der Waals surface area contributed by atoms with Gasteiger partial charge in [0.1, 0.15) is 29.1 Å². The SMILES string of the molecule is Fc1ccc(F)c(B(Oc2c(F)c(F)c(F)c3c(F)c4c(F)c(F)c(F)c(F)c4c(F)c23)Oc2c(F)c(F)c(F)c3c(F)c4c(F)c(F)c(F)c(F)c4c(F)c23)c1F. The first kappa shape index (κ1) is 40.0. The van der Waals surface area contributed by atoms with E-state index in [0.717, 1.165) is 0 Å². The molecule has 0 bridgehead atoms. The van der Waals surface area contributed by atoms with Crippen LogP contribution in [0.25, 0.3) is 43.1 Å². The number of halogens is 21. The van der Waals surface area contributed by atoms with Crippen molar-refractivity contribution in [3.8, 4) is 11.5 Å². The molecule has 0 radical (unpaired) electrons. The van der Waals surface area contributed by atoms with Crippen LogP contribution in [0.1, 0.15) is 0 Å². The quantitative estimate of drug-likeness (QED) is 0.0565. The molecule has 0 aliphatic carbocycles. The normalized spacial score (nSPS) is 11.9. The Kier molecular flexibility index (Phi) is 9.26. The Bertz CT molecular complexity index is 2870. The Labute approximate surface area is 303 Å². The fraction of sp³-hybridized carbons (Fsp3) is 0. The smallest absolute Gasteiger partial charge is 0.519 e. The molecule has 2 nitrogen and oxygen atoms in total. The van der Waals surface area contributed by atoms with Crippen LogP contribution in [-0.4, -0.2) is 7.12 Å². The molecule has 7 aromatic rings. The second kappa shape index (κ2) is 13.4. The third-order valence-electron chi connectivity index (χ3n) is 8.62. The van der Waals surface area contributed by atoms with E-state index in [-0.39, 0.29) is 12.1 Å². The van der Waals surface area contributed by atoms with Crippen molar-refractivity contribution in [2.75, 3.05) is 0 Å². The molecule has 7 rings (SSSR count). The summed E-state index contributed by atoms with van der Waals surface area (Å²) in [5, 5.41) is -19.0. The van der Waals surface area contributed by atoms with Crippen molar-refractivity contribution >= 4 is 55.7 Å². The van der Waals surface area contributed by atoms with E-state index in [9.17, 15) is 48.3 Å². The maximum Gasteiger partial charge on any atom is 0.639 e. The lowest BCUT2D eigenvalue weighted by atomic mass is 9.77.